The lowest BCUT2D eigenvalue weighted by Crippen LogP contribution is -1.89. The Labute approximate surface area is 102 Å². The quantitative estimate of drug-likeness (QED) is 0.543. The van der Waals surface area contributed by atoms with Gasteiger partial charge in [-0.15, -0.1) is 0 Å². The second-order valence-corrected chi connectivity index (χ2v) is 4.21. The fourth-order valence-corrected chi connectivity index (χ4v) is 1.80. The SMILES string of the molecule is ISOc1ccnc(OSI)n1. The predicted octanol–water partition coefficient (Wildman–Crippen LogP) is 3.23. The first kappa shape index (κ1) is 10.9. The molecular weight excluding hydrogens is 426 g/mol. The van der Waals surface area contributed by atoms with E-state index in [9.17, 15) is 0 Å². The van der Waals surface area contributed by atoms with E-state index in [2.05, 4.69) is 9.97 Å². The number of rotatable bonds is 4. The minimum atomic E-state index is 0.303. The van der Waals surface area contributed by atoms with E-state index in [-0.39, 0.29) is 0 Å². The number of halogens is 2. The van der Waals surface area contributed by atoms with Crippen LogP contribution in [0.25, 0.3) is 0 Å². The van der Waals surface area contributed by atoms with E-state index in [0.717, 1.165) is 9.21 Å². The standard InChI is InChI=1S/C4H2I2N2O2S2/c5-11-9-3-1-2-7-4(8-3)10-12-6/h1-2H. The van der Waals surface area contributed by atoms with Crippen molar-refractivity contribution in [3.05, 3.63) is 12.3 Å². The Morgan fingerprint density at radius 3 is 2.67 bits per heavy atom. The number of aromatic nitrogens is 2. The maximum Gasteiger partial charge on any atom is 0.332 e. The minimum absolute atomic E-state index is 0.303. The molecule has 0 atom stereocenters. The van der Waals surface area contributed by atoms with Gasteiger partial charge in [0.2, 0.25) is 5.88 Å². The van der Waals surface area contributed by atoms with Crippen LogP contribution >= 0.6 is 60.8 Å². The molecule has 0 saturated heterocycles. The molecule has 1 aromatic heterocycles. The van der Waals surface area contributed by atoms with Gasteiger partial charge in [0.1, 0.15) is 18.4 Å². The lowest BCUT2D eigenvalue weighted by atomic mass is 10.6. The summed E-state index contributed by atoms with van der Waals surface area (Å²) in [6, 6.07) is 1.97. The molecule has 0 saturated carbocycles. The minimum Gasteiger partial charge on any atom is -0.395 e. The van der Waals surface area contributed by atoms with E-state index < -0.39 is 0 Å². The summed E-state index contributed by atoms with van der Waals surface area (Å²) in [5, 5.41) is 0. The average molecular weight is 428 g/mol. The summed E-state index contributed by atoms with van der Waals surface area (Å²) in [5.74, 6) is 0.491. The molecule has 0 bridgehead atoms. The van der Waals surface area contributed by atoms with Crippen molar-refractivity contribution in [2.45, 2.75) is 0 Å². The van der Waals surface area contributed by atoms with Crippen LogP contribution in [0.2, 0.25) is 0 Å². The summed E-state index contributed by atoms with van der Waals surface area (Å²) in [6.07, 6.45) is 1.58. The average Bonchev–Trinajstić information content (AvgIpc) is 2.06. The summed E-state index contributed by atoms with van der Waals surface area (Å²) in [5.41, 5.74) is 0. The van der Waals surface area contributed by atoms with Gasteiger partial charge in [-0.25, -0.2) is 4.98 Å². The normalized spacial score (nSPS) is 9.50. The van der Waals surface area contributed by atoms with Crippen LogP contribution in [0, 0.1) is 0 Å². The molecule has 0 fully saturated rings. The van der Waals surface area contributed by atoms with Gasteiger partial charge in [0.15, 0.2) is 0 Å². The molecule has 0 aliphatic carbocycles. The Morgan fingerprint density at radius 2 is 2.00 bits per heavy atom. The van der Waals surface area contributed by atoms with Crippen molar-refractivity contribution in [3.8, 4) is 11.9 Å². The molecule has 0 N–H and O–H groups in total. The van der Waals surface area contributed by atoms with Crippen LogP contribution in [0.1, 0.15) is 0 Å². The van der Waals surface area contributed by atoms with Crippen molar-refractivity contribution >= 4 is 60.8 Å². The fraction of sp³-hybridized carbons (Fsp3) is 0. The van der Waals surface area contributed by atoms with Crippen molar-refractivity contribution in [3.63, 3.8) is 0 Å². The van der Waals surface area contributed by atoms with Gasteiger partial charge in [0, 0.05) is 54.7 Å². The van der Waals surface area contributed by atoms with Crippen molar-refractivity contribution < 1.29 is 8.37 Å². The molecule has 1 aromatic rings. The maximum atomic E-state index is 5.05. The van der Waals surface area contributed by atoms with E-state index in [1.54, 1.807) is 12.3 Å². The van der Waals surface area contributed by atoms with Crippen LogP contribution in [-0.2, 0) is 0 Å². The lowest BCUT2D eigenvalue weighted by Gasteiger charge is -1.99. The first-order valence-electron chi connectivity index (χ1n) is 2.60. The zero-order chi connectivity index (χ0) is 8.81. The molecule has 0 radical (unpaired) electrons. The topological polar surface area (TPSA) is 44.2 Å². The van der Waals surface area contributed by atoms with Crippen LogP contribution in [0.15, 0.2) is 12.3 Å². The van der Waals surface area contributed by atoms with E-state index in [0.29, 0.717) is 11.9 Å². The van der Waals surface area contributed by atoms with E-state index in [1.807, 2.05) is 42.4 Å². The van der Waals surface area contributed by atoms with Gasteiger partial charge in [0.25, 0.3) is 0 Å². The number of hydrogen-bond acceptors (Lipinski definition) is 6. The zero-order valence-electron chi connectivity index (χ0n) is 5.44. The third-order valence-electron chi connectivity index (χ3n) is 0.831. The first-order valence-corrected chi connectivity index (χ1v) is 9.17. The van der Waals surface area contributed by atoms with Crippen LogP contribution in [0.4, 0.5) is 0 Å². The number of nitrogens with zero attached hydrogens (tertiary/aromatic N) is 2. The summed E-state index contributed by atoms with van der Waals surface area (Å²) >= 11 is 4.00. The highest BCUT2D eigenvalue weighted by Gasteiger charge is 2.00. The largest absolute Gasteiger partial charge is 0.395 e. The molecular formula is C4H2I2N2O2S2. The van der Waals surface area contributed by atoms with Crippen LogP contribution in [0.5, 0.6) is 11.9 Å². The summed E-state index contributed by atoms with van der Waals surface area (Å²) in [4.78, 5) is 7.81. The summed E-state index contributed by atoms with van der Waals surface area (Å²) < 4.78 is 10.0. The van der Waals surface area contributed by atoms with Crippen LogP contribution in [0.3, 0.4) is 0 Å². The monoisotopic (exact) mass is 428 g/mol. The molecule has 0 aromatic carbocycles. The molecule has 0 unspecified atom stereocenters. The fourth-order valence-electron chi connectivity index (χ4n) is 0.472. The predicted molar refractivity (Wildman–Crippen MR) is 66.5 cm³/mol. The summed E-state index contributed by atoms with van der Waals surface area (Å²) in [6.45, 7) is 0. The lowest BCUT2D eigenvalue weighted by molar-refractivity contribution is 0.555. The highest BCUT2D eigenvalue weighted by Crippen LogP contribution is 2.22. The third kappa shape index (κ3) is 3.70. The Balaban J connectivity index is 2.67. The van der Waals surface area contributed by atoms with Crippen molar-refractivity contribution in [1.82, 2.24) is 9.97 Å². The van der Waals surface area contributed by atoms with Crippen molar-refractivity contribution in [2.24, 2.45) is 0 Å². The third-order valence-corrected chi connectivity index (χ3v) is 2.36. The molecule has 0 amide bonds. The Hall–Kier alpha value is 0.840. The Kier molecular flexibility index (Phi) is 5.75. The zero-order valence-corrected chi connectivity index (χ0v) is 11.4. The van der Waals surface area contributed by atoms with E-state index in [1.165, 1.54) is 9.21 Å². The Bertz CT molecular complexity index is 231. The van der Waals surface area contributed by atoms with Gasteiger partial charge in [-0.2, -0.15) is 4.98 Å². The van der Waals surface area contributed by atoms with Gasteiger partial charge in [0.05, 0.1) is 0 Å². The first-order chi connectivity index (χ1) is 5.86. The second-order valence-electron chi connectivity index (χ2n) is 1.47. The van der Waals surface area contributed by atoms with Crippen molar-refractivity contribution in [2.75, 3.05) is 0 Å². The van der Waals surface area contributed by atoms with Gasteiger partial charge < -0.3 is 8.37 Å². The molecule has 12 heavy (non-hydrogen) atoms. The van der Waals surface area contributed by atoms with Crippen molar-refractivity contribution in [1.29, 1.82) is 0 Å². The molecule has 8 heteroatoms. The highest BCUT2D eigenvalue weighted by molar-refractivity contribution is 14.2. The highest BCUT2D eigenvalue weighted by atomic mass is 127. The second kappa shape index (κ2) is 6.32. The molecule has 66 valence electrons. The van der Waals surface area contributed by atoms with Crippen LogP contribution < -0.4 is 8.37 Å². The van der Waals surface area contributed by atoms with Gasteiger partial charge in [-0.05, 0) is 0 Å². The van der Waals surface area contributed by atoms with E-state index in [4.69, 9.17) is 8.37 Å². The molecule has 4 nitrogen and oxygen atoms in total. The van der Waals surface area contributed by atoms with Gasteiger partial charge >= 0.3 is 6.01 Å². The molecule has 0 spiro atoms. The van der Waals surface area contributed by atoms with Gasteiger partial charge in [-0.3, -0.25) is 0 Å². The summed E-state index contributed by atoms with van der Waals surface area (Å²) in [7, 11) is 2.36. The molecule has 1 heterocycles. The van der Waals surface area contributed by atoms with Crippen LogP contribution in [-0.4, -0.2) is 9.97 Å². The van der Waals surface area contributed by atoms with Gasteiger partial charge in [-0.1, -0.05) is 0 Å². The molecule has 0 aliphatic rings. The maximum absolute atomic E-state index is 5.05. The molecule has 1 rings (SSSR count). The number of hydrogen-bond donors (Lipinski definition) is 0. The van der Waals surface area contributed by atoms with E-state index >= 15 is 0 Å². The smallest absolute Gasteiger partial charge is 0.332 e. The Morgan fingerprint density at radius 1 is 1.25 bits per heavy atom. The molecule has 0 aliphatic heterocycles.